The summed E-state index contributed by atoms with van der Waals surface area (Å²) >= 11 is 0. The molecule has 5 aromatic carbocycles. The smallest absolute Gasteiger partial charge is 0.416 e. The first-order valence-electron chi connectivity index (χ1n) is 16.5. The van der Waals surface area contributed by atoms with Crippen LogP contribution in [-0.2, 0) is 6.18 Å². The number of allylic oxidation sites excluding steroid dienone is 4. The molecule has 0 radical (unpaired) electrons. The number of alkyl halides is 3. The lowest BCUT2D eigenvalue weighted by molar-refractivity contribution is -0.137. The second-order valence-corrected chi connectivity index (χ2v) is 12.5. The van der Waals surface area contributed by atoms with Crippen molar-refractivity contribution in [1.29, 1.82) is 0 Å². The lowest BCUT2D eigenvalue weighted by atomic mass is 10.0. The van der Waals surface area contributed by atoms with Crippen LogP contribution in [0.1, 0.15) is 24.2 Å². The molecule has 9 aromatic rings. The third-order valence-electron chi connectivity index (χ3n) is 9.52. The van der Waals surface area contributed by atoms with Crippen molar-refractivity contribution in [3.63, 3.8) is 0 Å². The number of para-hydroxylation sites is 2. The summed E-state index contributed by atoms with van der Waals surface area (Å²) in [5.41, 5.74) is 4.69. The summed E-state index contributed by atoms with van der Waals surface area (Å²) in [6.07, 6.45) is 3.38. The lowest BCUT2D eigenvalue weighted by Gasteiger charge is -2.14. The van der Waals surface area contributed by atoms with E-state index in [1.165, 1.54) is 6.07 Å². The van der Waals surface area contributed by atoms with Crippen molar-refractivity contribution in [2.45, 2.75) is 19.0 Å². The molecule has 1 aliphatic carbocycles. The highest BCUT2D eigenvalue weighted by Crippen LogP contribution is 2.42. The van der Waals surface area contributed by atoms with Gasteiger partial charge in [-0.05, 0) is 48.7 Å². The predicted octanol–water partition coefficient (Wildman–Crippen LogP) is 10.6. The van der Waals surface area contributed by atoms with E-state index in [-0.39, 0.29) is 17.1 Å². The van der Waals surface area contributed by atoms with Gasteiger partial charge in [-0.2, -0.15) is 28.1 Å². The Morgan fingerprint density at radius 3 is 2.00 bits per heavy atom. The van der Waals surface area contributed by atoms with E-state index < -0.39 is 11.7 Å². The van der Waals surface area contributed by atoms with Crippen molar-refractivity contribution < 1.29 is 17.6 Å². The molecular formula is C41H25F3N6O. The third kappa shape index (κ3) is 4.60. The van der Waals surface area contributed by atoms with E-state index in [9.17, 15) is 13.2 Å². The zero-order valence-corrected chi connectivity index (χ0v) is 26.8. The normalized spacial score (nSPS) is 13.7. The molecule has 0 saturated carbocycles. The number of hydrogen-bond acceptors (Lipinski definition) is 5. The molecule has 0 N–H and O–H groups in total. The number of fused-ring (bicyclic) bond motifs is 8. The zero-order chi connectivity index (χ0) is 34.3. The fourth-order valence-corrected chi connectivity index (χ4v) is 7.21. The maximum absolute atomic E-state index is 13.7. The Hall–Kier alpha value is -6.55. The number of oxazole rings is 1. The molecule has 7 nitrogen and oxygen atoms in total. The highest BCUT2D eigenvalue weighted by atomic mass is 19.4. The summed E-state index contributed by atoms with van der Waals surface area (Å²) in [6, 6.07) is 33.5. The minimum atomic E-state index is -4.51. The van der Waals surface area contributed by atoms with Crippen LogP contribution in [0.2, 0.25) is 0 Å². The van der Waals surface area contributed by atoms with Crippen molar-refractivity contribution >= 4 is 60.3 Å². The fraction of sp³-hybridized carbons (Fsp3) is 0.0732. The summed E-state index contributed by atoms with van der Waals surface area (Å²) in [7, 11) is 0. The monoisotopic (exact) mass is 674 g/mol. The largest absolute Gasteiger partial charge is 0.423 e. The van der Waals surface area contributed by atoms with Gasteiger partial charge < -0.3 is 4.42 Å². The second-order valence-electron chi connectivity index (χ2n) is 12.5. The molecule has 0 amide bonds. The van der Waals surface area contributed by atoms with E-state index in [1.54, 1.807) is 0 Å². The molecule has 0 unspecified atom stereocenters. The Morgan fingerprint density at radius 2 is 1.29 bits per heavy atom. The van der Waals surface area contributed by atoms with Crippen LogP contribution in [0.25, 0.3) is 83.6 Å². The first-order valence-corrected chi connectivity index (χ1v) is 16.5. The van der Waals surface area contributed by atoms with Crippen LogP contribution in [0.3, 0.4) is 0 Å². The highest BCUT2D eigenvalue weighted by molar-refractivity contribution is 6.23. The second kappa shape index (κ2) is 11.0. The van der Waals surface area contributed by atoms with Gasteiger partial charge in [0.05, 0.1) is 27.6 Å². The van der Waals surface area contributed by atoms with Gasteiger partial charge in [0.15, 0.2) is 17.2 Å². The van der Waals surface area contributed by atoms with Gasteiger partial charge in [0.2, 0.25) is 5.95 Å². The average Bonchev–Trinajstić information content (AvgIpc) is 3.84. The Labute approximate surface area is 287 Å². The number of hydrogen-bond donors (Lipinski definition) is 0. The van der Waals surface area contributed by atoms with Crippen LogP contribution in [-0.4, -0.2) is 29.1 Å². The summed E-state index contributed by atoms with van der Waals surface area (Å²) in [5, 5.41) is 3.78. The van der Waals surface area contributed by atoms with E-state index in [0.717, 1.165) is 79.7 Å². The molecule has 0 saturated heterocycles. The maximum atomic E-state index is 13.7. The number of halogens is 3. The molecule has 4 aromatic heterocycles. The maximum Gasteiger partial charge on any atom is 0.416 e. The van der Waals surface area contributed by atoms with Crippen LogP contribution >= 0.6 is 0 Å². The Kier molecular flexibility index (Phi) is 6.32. The fourth-order valence-electron chi connectivity index (χ4n) is 7.21. The average molecular weight is 675 g/mol. The molecule has 10 heteroatoms. The van der Waals surface area contributed by atoms with Crippen LogP contribution in [0, 0.1) is 0 Å². The Balaban J connectivity index is 1.34. The standard InChI is InChI=1S/C41H25F3N6O/c42-41(43,44)26-19-22-34-31(23-26)45-40(51-34)50-33-18-10-8-16-28(33)30-21-20-29-27-15-7-9-17-32(27)49(35(29)36(30)50)39-47-37(24-11-3-1-4-12-24)46-38(48-39)25-13-5-2-6-14-25/h1-5,7-13,15-23H,6,14H2. The Bertz CT molecular complexity index is 2910. The summed E-state index contributed by atoms with van der Waals surface area (Å²) in [4.78, 5) is 19.9. The zero-order valence-electron chi connectivity index (χ0n) is 26.8. The van der Waals surface area contributed by atoms with Gasteiger partial charge in [0.1, 0.15) is 5.52 Å². The minimum absolute atomic E-state index is 0.114. The van der Waals surface area contributed by atoms with Crippen molar-refractivity contribution in [1.82, 2.24) is 29.1 Å². The number of nitrogens with zero attached hydrogens (tertiary/aromatic N) is 6. The van der Waals surface area contributed by atoms with Gasteiger partial charge in [0, 0.05) is 27.1 Å². The minimum Gasteiger partial charge on any atom is -0.423 e. The van der Waals surface area contributed by atoms with Crippen LogP contribution in [0.15, 0.2) is 132 Å². The van der Waals surface area contributed by atoms with Crippen molar-refractivity contribution in [2.75, 3.05) is 0 Å². The number of rotatable bonds is 4. The van der Waals surface area contributed by atoms with Crippen LogP contribution in [0.5, 0.6) is 0 Å². The van der Waals surface area contributed by atoms with E-state index in [4.69, 9.17) is 19.4 Å². The van der Waals surface area contributed by atoms with Gasteiger partial charge in [-0.25, -0.2) is 4.98 Å². The van der Waals surface area contributed by atoms with Gasteiger partial charge in [-0.15, -0.1) is 0 Å². The predicted molar refractivity (Wildman–Crippen MR) is 193 cm³/mol. The molecule has 10 rings (SSSR count). The van der Waals surface area contributed by atoms with Crippen LogP contribution in [0.4, 0.5) is 13.2 Å². The van der Waals surface area contributed by atoms with E-state index in [0.29, 0.717) is 17.6 Å². The van der Waals surface area contributed by atoms with Crippen molar-refractivity contribution in [2.24, 2.45) is 0 Å². The summed E-state index contributed by atoms with van der Waals surface area (Å²) in [6.45, 7) is 0. The highest BCUT2D eigenvalue weighted by Gasteiger charge is 2.31. The molecule has 0 aliphatic heterocycles. The van der Waals surface area contributed by atoms with E-state index in [1.807, 2.05) is 83.4 Å². The van der Waals surface area contributed by atoms with Gasteiger partial charge in [-0.3, -0.25) is 9.13 Å². The van der Waals surface area contributed by atoms with Gasteiger partial charge in [0.25, 0.3) is 0 Å². The molecule has 0 spiro atoms. The van der Waals surface area contributed by atoms with Crippen molar-refractivity contribution in [3.05, 3.63) is 139 Å². The number of aromatic nitrogens is 6. The van der Waals surface area contributed by atoms with E-state index >= 15 is 0 Å². The molecule has 0 fully saturated rings. The molecule has 51 heavy (non-hydrogen) atoms. The lowest BCUT2D eigenvalue weighted by Crippen LogP contribution is -2.09. The van der Waals surface area contributed by atoms with E-state index in [2.05, 4.69) is 39.9 Å². The molecule has 0 atom stereocenters. The first-order chi connectivity index (χ1) is 24.9. The third-order valence-corrected chi connectivity index (χ3v) is 9.52. The quantitative estimate of drug-likeness (QED) is 0.186. The number of benzene rings is 5. The van der Waals surface area contributed by atoms with Gasteiger partial charge in [-0.1, -0.05) is 97.1 Å². The first kappa shape index (κ1) is 29.4. The van der Waals surface area contributed by atoms with Crippen LogP contribution < -0.4 is 0 Å². The molecule has 1 aliphatic rings. The molecule has 4 heterocycles. The summed E-state index contributed by atoms with van der Waals surface area (Å²) in [5.74, 6) is 1.59. The SMILES string of the molecule is FC(F)(F)c1ccc2oc(-n3c4ccccc4c4ccc5c6ccccc6n(-c6nc(C7=CC=CCC7)nc(-c7ccccc7)n6)c5c43)nc2c1. The topological polar surface area (TPSA) is 74.6 Å². The van der Waals surface area contributed by atoms with Gasteiger partial charge >= 0.3 is 12.2 Å². The summed E-state index contributed by atoms with van der Waals surface area (Å²) < 4.78 is 51.3. The molecule has 246 valence electrons. The molecule has 0 bridgehead atoms. The van der Waals surface area contributed by atoms with Crippen molar-refractivity contribution in [3.8, 4) is 23.4 Å². The molecular weight excluding hydrogens is 649 g/mol. The Morgan fingerprint density at radius 1 is 0.627 bits per heavy atom.